The van der Waals surface area contributed by atoms with Gasteiger partial charge in [-0.05, 0) is 88.0 Å². The van der Waals surface area contributed by atoms with Gasteiger partial charge in [-0.2, -0.15) is 0 Å². The number of ketones is 1. The molecule has 3 heterocycles. The third kappa shape index (κ3) is 3.05. The lowest BCUT2D eigenvalue weighted by Crippen LogP contribution is -2.75. The fourth-order valence-electron chi connectivity index (χ4n) is 8.24. The molecule has 2 bridgehead atoms. The van der Waals surface area contributed by atoms with Crippen LogP contribution in [0.3, 0.4) is 0 Å². The number of carbonyl (C=O) groups is 2. The number of likely N-dealkylation sites (tertiary alicyclic amines) is 2. The third-order valence-corrected chi connectivity index (χ3v) is 10.3. The first-order chi connectivity index (χ1) is 17.3. The molecule has 1 spiro atoms. The number of hydrogen-bond donors (Lipinski definition) is 2. The number of aromatic hydroxyl groups is 1. The number of Topliss-reactive ketones (excluding diaryl/α,β-unsaturated/α-hetero) is 1. The van der Waals surface area contributed by atoms with Gasteiger partial charge in [0.05, 0.1) is 11.0 Å². The topological polar surface area (TPSA) is 90.3 Å². The van der Waals surface area contributed by atoms with E-state index in [1.807, 2.05) is 11.0 Å². The Labute approximate surface area is 212 Å². The minimum Gasteiger partial charge on any atom is -0.504 e. The summed E-state index contributed by atoms with van der Waals surface area (Å²) in [5, 5.41) is 23.3. The SMILES string of the molecule is CC(=O)C1CCN(C(=O)/C=C2\CC[C@@]3(O)[C@H]4Cc5ccc(O)c6c5[C@@]3(CCN4CC3CC3)[C@H]2O6)CC1. The Bertz CT molecular complexity index is 1170. The molecule has 2 N–H and O–H groups in total. The van der Waals surface area contributed by atoms with Crippen LogP contribution >= 0.6 is 0 Å². The Kier molecular flexibility index (Phi) is 4.94. The Hall–Kier alpha value is -2.38. The van der Waals surface area contributed by atoms with Crippen LogP contribution in [0, 0.1) is 11.8 Å². The number of aliphatic hydroxyl groups is 1. The second-order valence-electron chi connectivity index (χ2n) is 12.2. The number of ether oxygens (including phenoxy) is 1. The van der Waals surface area contributed by atoms with Crippen molar-refractivity contribution in [1.29, 1.82) is 0 Å². The van der Waals surface area contributed by atoms with Crippen molar-refractivity contribution in [2.24, 2.45) is 11.8 Å². The lowest BCUT2D eigenvalue weighted by atomic mass is 9.48. The first-order valence-electron chi connectivity index (χ1n) is 13.8. The molecule has 0 aromatic heterocycles. The summed E-state index contributed by atoms with van der Waals surface area (Å²) in [6.45, 7) is 4.77. The maximum atomic E-state index is 13.4. The van der Waals surface area contributed by atoms with E-state index < -0.39 is 17.1 Å². The molecule has 2 saturated carbocycles. The van der Waals surface area contributed by atoms with Gasteiger partial charge in [0.2, 0.25) is 5.91 Å². The number of benzene rings is 1. The van der Waals surface area contributed by atoms with Gasteiger partial charge < -0.3 is 19.8 Å². The molecular weight excluding hydrogens is 456 g/mol. The molecule has 7 heteroatoms. The molecule has 1 aromatic carbocycles. The maximum absolute atomic E-state index is 13.4. The first kappa shape index (κ1) is 22.8. The van der Waals surface area contributed by atoms with Crippen molar-refractivity contribution in [1.82, 2.24) is 9.80 Å². The summed E-state index contributed by atoms with van der Waals surface area (Å²) in [5.41, 5.74) is 1.50. The summed E-state index contributed by atoms with van der Waals surface area (Å²) < 4.78 is 6.54. The normalized spacial score (nSPS) is 36.5. The Balaban J connectivity index is 1.25. The van der Waals surface area contributed by atoms with Gasteiger partial charge >= 0.3 is 0 Å². The minimum atomic E-state index is -0.947. The third-order valence-electron chi connectivity index (χ3n) is 10.3. The highest BCUT2D eigenvalue weighted by Crippen LogP contribution is 2.66. The largest absolute Gasteiger partial charge is 0.504 e. The Morgan fingerprint density at radius 2 is 1.92 bits per heavy atom. The molecule has 192 valence electrons. The van der Waals surface area contributed by atoms with Gasteiger partial charge in [0.15, 0.2) is 11.5 Å². The fraction of sp³-hybridized carbons (Fsp3) is 0.655. The molecule has 6 aliphatic rings. The predicted octanol–water partition coefficient (Wildman–Crippen LogP) is 2.71. The molecule has 1 amide bonds. The number of rotatable bonds is 4. The zero-order chi connectivity index (χ0) is 24.8. The number of hydrogen-bond acceptors (Lipinski definition) is 6. The van der Waals surface area contributed by atoms with Crippen molar-refractivity contribution in [3.05, 3.63) is 34.9 Å². The minimum absolute atomic E-state index is 0.0311. The molecule has 3 aliphatic heterocycles. The summed E-state index contributed by atoms with van der Waals surface area (Å²) in [7, 11) is 0. The lowest BCUT2D eigenvalue weighted by Gasteiger charge is -2.63. The monoisotopic (exact) mass is 492 g/mol. The van der Waals surface area contributed by atoms with Crippen LogP contribution < -0.4 is 4.74 Å². The number of phenolic OH excluding ortho intramolecular Hbond substituents is 1. The van der Waals surface area contributed by atoms with Crippen LogP contribution in [0.25, 0.3) is 0 Å². The molecule has 0 unspecified atom stereocenters. The molecule has 36 heavy (non-hydrogen) atoms. The van der Waals surface area contributed by atoms with Gasteiger partial charge in [-0.1, -0.05) is 6.07 Å². The van der Waals surface area contributed by atoms with Crippen molar-refractivity contribution >= 4 is 11.7 Å². The van der Waals surface area contributed by atoms with E-state index in [0.717, 1.165) is 55.8 Å². The number of carbonyl (C=O) groups excluding carboxylic acids is 2. The predicted molar refractivity (Wildman–Crippen MR) is 133 cm³/mol. The molecular formula is C29H36N2O5. The van der Waals surface area contributed by atoms with E-state index in [0.29, 0.717) is 31.7 Å². The van der Waals surface area contributed by atoms with E-state index in [9.17, 15) is 19.8 Å². The quantitative estimate of drug-likeness (QED) is 0.629. The molecule has 7 nitrogen and oxygen atoms in total. The maximum Gasteiger partial charge on any atom is 0.246 e. The van der Waals surface area contributed by atoms with Crippen molar-refractivity contribution in [3.8, 4) is 11.5 Å². The summed E-state index contributed by atoms with van der Waals surface area (Å²) in [4.78, 5) is 29.5. The number of piperidine rings is 2. The molecule has 1 aromatic rings. The average molecular weight is 493 g/mol. The highest BCUT2D eigenvalue weighted by Gasteiger charge is 2.72. The van der Waals surface area contributed by atoms with E-state index in [4.69, 9.17) is 4.74 Å². The van der Waals surface area contributed by atoms with E-state index >= 15 is 0 Å². The van der Waals surface area contributed by atoms with E-state index in [2.05, 4.69) is 4.90 Å². The van der Waals surface area contributed by atoms with E-state index in [1.165, 1.54) is 18.4 Å². The summed E-state index contributed by atoms with van der Waals surface area (Å²) in [6.07, 6.45) is 8.04. The van der Waals surface area contributed by atoms with Crippen LogP contribution in [0.2, 0.25) is 0 Å². The average Bonchev–Trinajstić information content (AvgIpc) is 3.61. The van der Waals surface area contributed by atoms with Crippen molar-refractivity contribution in [2.45, 2.75) is 81.5 Å². The molecule has 4 fully saturated rings. The fourth-order valence-corrected chi connectivity index (χ4v) is 8.24. The van der Waals surface area contributed by atoms with Crippen LogP contribution in [0.15, 0.2) is 23.8 Å². The number of phenols is 1. The van der Waals surface area contributed by atoms with Crippen molar-refractivity contribution in [3.63, 3.8) is 0 Å². The van der Waals surface area contributed by atoms with Crippen LogP contribution in [0.1, 0.15) is 63.0 Å². The standard InChI is InChI=1S/C29H36N2O5/c1-17(32)19-7-11-30(12-8-19)24(34)15-21-6-9-29(35)23-14-20-4-5-22(33)26-25(20)28(29,27(21)36-26)10-13-31(23)16-18-2-3-18/h4-5,15,18-19,23,27,33,35H,2-3,6-14,16H2,1H3/b21-15+/t23-,27+,28+,29-/m1/s1. The highest BCUT2D eigenvalue weighted by atomic mass is 16.5. The van der Waals surface area contributed by atoms with Gasteiger partial charge in [0, 0.05) is 43.2 Å². The first-order valence-corrected chi connectivity index (χ1v) is 13.8. The number of nitrogens with zero attached hydrogens (tertiary/aromatic N) is 2. The Morgan fingerprint density at radius 3 is 2.64 bits per heavy atom. The van der Waals surface area contributed by atoms with E-state index in [1.54, 1.807) is 19.1 Å². The molecule has 0 radical (unpaired) electrons. The summed E-state index contributed by atoms with van der Waals surface area (Å²) in [5.74, 6) is 1.61. The van der Waals surface area contributed by atoms with Crippen molar-refractivity contribution < 1.29 is 24.5 Å². The number of amides is 1. The summed E-state index contributed by atoms with van der Waals surface area (Å²) >= 11 is 0. The van der Waals surface area contributed by atoms with E-state index in [-0.39, 0.29) is 29.4 Å². The summed E-state index contributed by atoms with van der Waals surface area (Å²) in [6, 6.07) is 3.77. The smallest absolute Gasteiger partial charge is 0.246 e. The van der Waals surface area contributed by atoms with Gasteiger partial charge in [0.1, 0.15) is 11.9 Å². The highest BCUT2D eigenvalue weighted by molar-refractivity contribution is 5.89. The molecule has 2 saturated heterocycles. The van der Waals surface area contributed by atoms with Crippen LogP contribution in [-0.2, 0) is 21.4 Å². The second-order valence-corrected chi connectivity index (χ2v) is 12.2. The van der Waals surface area contributed by atoms with Gasteiger partial charge in [-0.3, -0.25) is 14.5 Å². The molecule has 4 atom stereocenters. The molecule has 3 aliphatic carbocycles. The van der Waals surface area contributed by atoms with Gasteiger partial charge in [-0.25, -0.2) is 0 Å². The zero-order valence-corrected chi connectivity index (χ0v) is 21.0. The molecule has 7 rings (SSSR count). The van der Waals surface area contributed by atoms with Crippen LogP contribution in [0.4, 0.5) is 0 Å². The van der Waals surface area contributed by atoms with Gasteiger partial charge in [-0.15, -0.1) is 0 Å². The van der Waals surface area contributed by atoms with Gasteiger partial charge in [0.25, 0.3) is 0 Å². The van der Waals surface area contributed by atoms with Crippen LogP contribution in [-0.4, -0.2) is 75.6 Å². The van der Waals surface area contributed by atoms with Crippen LogP contribution in [0.5, 0.6) is 11.5 Å². The zero-order valence-electron chi connectivity index (χ0n) is 21.0. The second kappa shape index (κ2) is 7.81. The van der Waals surface area contributed by atoms with Crippen molar-refractivity contribution in [2.75, 3.05) is 26.2 Å². The lowest BCUT2D eigenvalue weighted by molar-refractivity contribution is -0.174. The Morgan fingerprint density at radius 1 is 1.14 bits per heavy atom.